The first kappa shape index (κ1) is 26.2. The monoisotopic (exact) mass is 490 g/mol. The first-order valence-corrected chi connectivity index (χ1v) is 13.5. The van der Waals surface area contributed by atoms with E-state index in [0.717, 1.165) is 44.9 Å². The largest absolute Gasteiger partial charge is 0.481 e. The number of carboxylic acid groups (broad SMARTS) is 1. The molecule has 7 heteroatoms. The summed E-state index contributed by atoms with van der Waals surface area (Å²) in [5, 5.41) is 8.81. The molecule has 4 fully saturated rings. The van der Waals surface area contributed by atoms with Crippen LogP contribution < -0.4 is 0 Å². The van der Waals surface area contributed by atoms with Gasteiger partial charge in [-0.2, -0.15) is 0 Å². The predicted molar refractivity (Wildman–Crippen MR) is 128 cm³/mol. The number of carbonyl (C=O) groups excluding carboxylic acids is 3. The Morgan fingerprint density at radius 2 is 1.77 bits per heavy atom. The molecule has 4 aliphatic rings. The van der Waals surface area contributed by atoms with Crippen molar-refractivity contribution in [2.45, 2.75) is 97.5 Å². The van der Waals surface area contributed by atoms with Crippen molar-refractivity contribution >= 4 is 23.7 Å². The molecule has 0 heterocycles. The minimum absolute atomic E-state index is 0.0690. The van der Waals surface area contributed by atoms with Gasteiger partial charge in [-0.1, -0.05) is 20.8 Å². The lowest BCUT2D eigenvalue weighted by Crippen LogP contribution is -2.57. The summed E-state index contributed by atoms with van der Waals surface area (Å²) in [4.78, 5) is 48.6. The second-order valence-electron chi connectivity index (χ2n) is 12.3. The lowest BCUT2D eigenvalue weighted by atomic mass is 9.44. The Kier molecular flexibility index (Phi) is 7.36. The van der Waals surface area contributed by atoms with Crippen molar-refractivity contribution in [3.63, 3.8) is 0 Å². The SMILES string of the molecule is COC(=O)C[C@H](C)[C@@H]1CC[C@@H]2[C@@H]3CC[C@@H]4C[C@@H](OC(=O)CCC(=O)O)CC[C@]4(C)[C@H]3CC(=O)[C@@]21C. The number of hydrogen-bond donors (Lipinski definition) is 1. The van der Waals surface area contributed by atoms with Crippen LogP contribution in [0.4, 0.5) is 0 Å². The van der Waals surface area contributed by atoms with Gasteiger partial charge in [0, 0.05) is 18.3 Å². The maximum atomic E-state index is 13.8. The number of ether oxygens (including phenoxy) is 2. The number of carboxylic acids is 1. The second-order valence-corrected chi connectivity index (χ2v) is 12.3. The van der Waals surface area contributed by atoms with Gasteiger partial charge in [0.2, 0.25) is 0 Å². The molecule has 7 nitrogen and oxygen atoms in total. The number of fused-ring (bicyclic) bond motifs is 5. The minimum Gasteiger partial charge on any atom is -0.481 e. The highest BCUT2D eigenvalue weighted by Gasteiger charge is 2.64. The van der Waals surface area contributed by atoms with Crippen molar-refractivity contribution < 1.29 is 33.8 Å². The van der Waals surface area contributed by atoms with Crippen molar-refractivity contribution in [1.82, 2.24) is 0 Å². The normalized spacial score (nSPS) is 41.2. The van der Waals surface area contributed by atoms with Gasteiger partial charge in [-0.05, 0) is 85.9 Å². The summed E-state index contributed by atoms with van der Waals surface area (Å²) in [6, 6.07) is 0. The molecule has 4 aliphatic carbocycles. The van der Waals surface area contributed by atoms with Crippen LogP contribution in [-0.2, 0) is 28.7 Å². The Morgan fingerprint density at radius 3 is 2.46 bits per heavy atom. The molecule has 9 atom stereocenters. The second kappa shape index (κ2) is 9.85. The Hall–Kier alpha value is -1.92. The highest BCUT2D eigenvalue weighted by Crippen LogP contribution is 2.67. The Bertz CT molecular complexity index is 867. The third-order valence-corrected chi connectivity index (χ3v) is 10.8. The zero-order chi connectivity index (χ0) is 25.5. The molecule has 0 aromatic carbocycles. The molecule has 0 aromatic rings. The van der Waals surface area contributed by atoms with Crippen LogP contribution in [0.2, 0.25) is 0 Å². The van der Waals surface area contributed by atoms with E-state index in [1.807, 2.05) is 0 Å². The summed E-state index contributed by atoms with van der Waals surface area (Å²) < 4.78 is 10.6. The molecule has 4 rings (SSSR count). The number of ketones is 1. The van der Waals surface area contributed by atoms with Gasteiger partial charge in [-0.3, -0.25) is 19.2 Å². The van der Waals surface area contributed by atoms with Gasteiger partial charge >= 0.3 is 17.9 Å². The first-order valence-electron chi connectivity index (χ1n) is 13.5. The molecule has 0 spiro atoms. The van der Waals surface area contributed by atoms with Crippen molar-refractivity contribution in [2.75, 3.05) is 7.11 Å². The van der Waals surface area contributed by atoms with E-state index >= 15 is 0 Å². The molecule has 4 saturated carbocycles. The Labute approximate surface area is 208 Å². The van der Waals surface area contributed by atoms with Gasteiger partial charge in [0.25, 0.3) is 0 Å². The summed E-state index contributed by atoms with van der Waals surface area (Å²) >= 11 is 0. The van der Waals surface area contributed by atoms with Gasteiger partial charge in [0.1, 0.15) is 11.9 Å². The van der Waals surface area contributed by atoms with Gasteiger partial charge in [0.15, 0.2) is 0 Å². The van der Waals surface area contributed by atoms with Crippen LogP contribution in [0.1, 0.15) is 91.4 Å². The van der Waals surface area contributed by atoms with E-state index in [9.17, 15) is 19.2 Å². The number of rotatable bonds is 7. The quantitative estimate of drug-likeness (QED) is 0.511. The van der Waals surface area contributed by atoms with Crippen molar-refractivity contribution in [3.8, 4) is 0 Å². The predicted octanol–water partition coefficient (Wildman–Crippen LogP) is 4.80. The molecule has 0 unspecified atom stereocenters. The van der Waals surface area contributed by atoms with E-state index in [0.29, 0.717) is 42.3 Å². The average Bonchev–Trinajstić information content (AvgIpc) is 3.17. The van der Waals surface area contributed by atoms with E-state index in [-0.39, 0.29) is 47.6 Å². The van der Waals surface area contributed by atoms with Crippen molar-refractivity contribution in [1.29, 1.82) is 0 Å². The number of esters is 2. The number of methoxy groups -OCH3 is 1. The maximum absolute atomic E-state index is 13.8. The van der Waals surface area contributed by atoms with Crippen molar-refractivity contribution in [2.24, 2.45) is 46.3 Å². The van der Waals surface area contributed by atoms with Crippen LogP contribution in [0.15, 0.2) is 0 Å². The smallest absolute Gasteiger partial charge is 0.306 e. The first-order chi connectivity index (χ1) is 16.5. The molecule has 0 saturated heterocycles. The Morgan fingerprint density at radius 1 is 1.03 bits per heavy atom. The minimum atomic E-state index is -0.987. The molecule has 0 aromatic heterocycles. The fraction of sp³-hybridized carbons (Fsp3) is 0.857. The van der Waals surface area contributed by atoms with E-state index in [1.54, 1.807) is 0 Å². The van der Waals surface area contributed by atoms with Gasteiger partial charge < -0.3 is 14.6 Å². The van der Waals surface area contributed by atoms with Crippen LogP contribution in [0.5, 0.6) is 0 Å². The van der Waals surface area contributed by atoms with Gasteiger partial charge in [-0.15, -0.1) is 0 Å². The average molecular weight is 491 g/mol. The van der Waals surface area contributed by atoms with Crippen molar-refractivity contribution in [3.05, 3.63) is 0 Å². The fourth-order valence-corrected chi connectivity index (χ4v) is 8.92. The highest BCUT2D eigenvalue weighted by atomic mass is 16.5. The highest BCUT2D eigenvalue weighted by molar-refractivity contribution is 5.87. The lowest BCUT2D eigenvalue weighted by molar-refractivity contribution is -0.169. The fourth-order valence-electron chi connectivity index (χ4n) is 8.92. The third-order valence-electron chi connectivity index (χ3n) is 10.8. The summed E-state index contributed by atoms with van der Waals surface area (Å²) in [7, 11) is 1.43. The molecule has 0 bridgehead atoms. The molecule has 1 N–H and O–H groups in total. The van der Waals surface area contributed by atoms with Crippen LogP contribution >= 0.6 is 0 Å². The maximum Gasteiger partial charge on any atom is 0.306 e. The van der Waals surface area contributed by atoms with Crippen LogP contribution in [-0.4, -0.2) is 42.0 Å². The Balaban J connectivity index is 1.45. The van der Waals surface area contributed by atoms with Gasteiger partial charge in [-0.25, -0.2) is 0 Å². The van der Waals surface area contributed by atoms with E-state index in [1.165, 1.54) is 7.11 Å². The standard InChI is InChI=1S/C28H42O7/c1-16(13-26(33)34-4)20-7-8-21-19-6-5-17-14-18(35-25(32)10-9-24(30)31)11-12-27(17,2)22(19)15-23(29)28(20,21)3/h16-22H,5-15H2,1-4H3,(H,30,31)/t16-,17+,18-,19-,20-,21+,22-,27-,28+/m0/s1. The van der Waals surface area contributed by atoms with Crippen LogP contribution in [0.25, 0.3) is 0 Å². The third kappa shape index (κ3) is 4.64. The number of hydrogen-bond acceptors (Lipinski definition) is 6. The number of Topliss-reactive ketones (excluding diaryl/α,β-unsaturated/α-hetero) is 1. The molecule has 196 valence electrons. The number of aliphatic carboxylic acids is 1. The zero-order valence-electron chi connectivity index (χ0n) is 21.7. The summed E-state index contributed by atoms with van der Waals surface area (Å²) in [5.74, 6) is 0.837. The molecular formula is C28H42O7. The van der Waals surface area contributed by atoms with Crippen LogP contribution in [0.3, 0.4) is 0 Å². The summed E-state index contributed by atoms with van der Waals surface area (Å²) in [6.45, 7) is 6.65. The zero-order valence-corrected chi connectivity index (χ0v) is 21.7. The summed E-state index contributed by atoms with van der Waals surface area (Å²) in [6.07, 6.45) is 7.36. The number of carbonyl (C=O) groups is 4. The molecule has 0 amide bonds. The molecule has 0 aliphatic heterocycles. The molecular weight excluding hydrogens is 448 g/mol. The lowest BCUT2D eigenvalue weighted by Gasteiger charge is -2.60. The topological polar surface area (TPSA) is 107 Å². The van der Waals surface area contributed by atoms with E-state index in [4.69, 9.17) is 14.6 Å². The van der Waals surface area contributed by atoms with Crippen LogP contribution in [0, 0.1) is 46.3 Å². The molecule has 0 radical (unpaired) electrons. The molecule has 35 heavy (non-hydrogen) atoms. The summed E-state index contributed by atoms with van der Waals surface area (Å²) in [5.41, 5.74) is -0.283. The van der Waals surface area contributed by atoms with E-state index < -0.39 is 11.9 Å². The van der Waals surface area contributed by atoms with E-state index in [2.05, 4.69) is 20.8 Å². The van der Waals surface area contributed by atoms with Gasteiger partial charge in [0.05, 0.1) is 20.0 Å².